The van der Waals surface area contributed by atoms with Gasteiger partial charge in [-0.15, -0.1) is 0 Å². The van der Waals surface area contributed by atoms with Crippen molar-refractivity contribution in [1.82, 2.24) is 0 Å². The van der Waals surface area contributed by atoms with Gasteiger partial charge in [0.2, 0.25) is 0 Å². The van der Waals surface area contributed by atoms with Crippen molar-refractivity contribution in [3.05, 3.63) is 58.6 Å². The van der Waals surface area contributed by atoms with Gasteiger partial charge in [-0.3, -0.25) is 0 Å². The summed E-state index contributed by atoms with van der Waals surface area (Å²) in [6.07, 6.45) is 0.954. The van der Waals surface area contributed by atoms with Crippen LogP contribution in [0.25, 0.3) is 0 Å². The molecule has 1 atom stereocenters. The first-order chi connectivity index (χ1) is 10.3. The van der Waals surface area contributed by atoms with Crippen LogP contribution in [0.1, 0.15) is 23.5 Å². The number of nitrogens with two attached hydrogens (primary N) is 1. The number of hydrogen-bond donors (Lipinski definition) is 1. The van der Waals surface area contributed by atoms with E-state index in [4.69, 9.17) is 26.8 Å². The van der Waals surface area contributed by atoms with Gasteiger partial charge in [0.25, 0.3) is 0 Å². The molecule has 3 rings (SSSR count). The molecule has 110 valence electrons. The Balaban J connectivity index is 1.71. The molecule has 0 fully saturated rings. The topological polar surface area (TPSA) is 44.5 Å². The largest absolute Gasteiger partial charge is 0.493 e. The molecular weight excluding hydrogens is 286 g/mol. The molecule has 0 saturated carbocycles. The minimum atomic E-state index is 0.334. The molecule has 0 amide bonds. The average molecular weight is 304 g/mol. The lowest BCUT2D eigenvalue weighted by Crippen LogP contribution is -2.19. The van der Waals surface area contributed by atoms with E-state index < -0.39 is 0 Å². The van der Waals surface area contributed by atoms with Crippen LogP contribution in [-0.2, 0) is 6.54 Å². The van der Waals surface area contributed by atoms with Crippen molar-refractivity contribution in [2.45, 2.75) is 18.9 Å². The molecule has 2 N–H and O–H groups in total. The van der Waals surface area contributed by atoms with E-state index in [9.17, 15) is 0 Å². The smallest absolute Gasteiger partial charge is 0.137 e. The summed E-state index contributed by atoms with van der Waals surface area (Å²) in [5.41, 5.74) is 7.81. The lowest BCUT2D eigenvalue weighted by Gasteiger charge is -2.26. The molecule has 2 aromatic carbocycles. The zero-order valence-electron chi connectivity index (χ0n) is 11.7. The quantitative estimate of drug-likeness (QED) is 0.935. The molecule has 1 heterocycles. The molecule has 0 saturated heterocycles. The average Bonchev–Trinajstić information content (AvgIpc) is 2.53. The first-order valence-corrected chi connectivity index (χ1v) is 7.48. The van der Waals surface area contributed by atoms with Crippen LogP contribution in [0.5, 0.6) is 11.5 Å². The number of para-hydroxylation sites is 1. The number of hydrogen-bond acceptors (Lipinski definition) is 3. The molecule has 0 aromatic heterocycles. The Hall–Kier alpha value is -1.71. The number of rotatable bonds is 4. The summed E-state index contributed by atoms with van der Waals surface area (Å²) in [6, 6.07) is 13.8. The standard InChI is InChI=1S/C17H18ClNO2/c18-15-9-12(10-19)5-6-17(15)21-11-13-7-8-20-16-4-2-1-3-14(13)16/h1-6,9,13H,7-8,10-11,19H2. The Morgan fingerprint density at radius 1 is 1.24 bits per heavy atom. The predicted octanol–water partition coefficient (Wildman–Crippen LogP) is 3.74. The summed E-state index contributed by atoms with van der Waals surface area (Å²) in [4.78, 5) is 0. The van der Waals surface area contributed by atoms with Crippen LogP contribution < -0.4 is 15.2 Å². The highest BCUT2D eigenvalue weighted by molar-refractivity contribution is 6.32. The fraction of sp³-hybridized carbons (Fsp3) is 0.294. The van der Waals surface area contributed by atoms with E-state index in [2.05, 4.69) is 6.07 Å². The minimum Gasteiger partial charge on any atom is -0.493 e. The highest BCUT2D eigenvalue weighted by Crippen LogP contribution is 2.34. The van der Waals surface area contributed by atoms with Gasteiger partial charge >= 0.3 is 0 Å². The van der Waals surface area contributed by atoms with E-state index in [0.29, 0.717) is 29.8 Å². The number of fused-ring (bicyclic) bond motifs is 1. The fourth-order valence-corrected chi connectivity index (χ4v) is 2.83. The van der Waals surface area contributed by atoms with Gasteiger partial charge in [0, 0.05) is 18.0 Å². The van der Waals surface area contributed by atoms with Crippen molar-refractivity contribution in [1.29, 1.82) is 0 Å². The van der Waals surface area contributed by atoms with Crippen LogP contribution in [0.15, 0.2) is 42.5 Å². The molecular formula is C17H18ClNO2. The van der Waals surface area contributed by atoms with E-state index in [1.54, 1.807) is 0 Å². The van der Waals surface area contributed by atoms with Gasteiger partial charge in [-0.25, -0.2) is 0 Å². The van der Waals surface area contributed by atoms with Gasteiger partial charge in [-0.2, -0.15) is 0 Å². The van der Waals surface area contributed by atoms with Crippen LogP contribution in [0.4, 0.5) is 0 Å². The van der Waals surface area contributed by atoms with Gasteiger partial charge < -0.3 is 15.2 Å². The Morgan fingerprint density at radius 2 is 2.10 bits per heavy atom. The first-order valence-electron chi connectivity index (χ1n) is 7.11. The molecule has 3 nitrogen and oxygen atoms in total. The number of benzene rings is 2. The van der Waals surface area contributed by atoms with Gasteiger partial charge in [0.1, 0.15) is 11.5 Å². The summed E-state index contributed by atoms with van der Waals surface area (Å²) in [5, 5.41) is 0.610. The van der Waals surface area contributed by atoms with Crippen LogP contribution in [0.3, 0.4) is 0 Å². The third kappa shape index (κ3) is 3.14. The van der Waals surface area contributed by atoms with Gasteiger partial charge in [0.05, 0.1) is 18.2 Å². The maximum absolute atomic E-state index is 6.22. The van der Waals surface area contributed by atoms with Crippen LogP contribution in [-0.4, -0.2) is 13.2 Å². The minimum absolute atomic E-state index is 0.334. The Labute approximate surface area is 129 Å². The van der Waals surface area contributed by atoms with Gasteiger partial charge in [-0.05, 0) is 30.2 Å². The Morgan fingerprint density at radius 3 is 2.90 bits per heavy atom. The van der Waals surface area contributed by atoms with E-state index in [-0.39, 0.29) is 0 Å². The first kappa shape index (κ1) is 14.2. The summed E-state index contributed by atoms with van der Waals surface area (Å²) in [7, 11) is 0. The second-order valence-electron chi connectivity index (χ2n) is 5.15. The third-order valence-corrected chi connectivity index (χ3v) is 4.05. The molecule has 0 spiro atoms. The van der Waals surface area contributed by atoms with E-state index in [0.717, 1.165) is 24.3 Å². The van der Waals surface area contributed by atoms with E-state index in [1.807, 2.05) is 36.4 Å². The molecule has 1 unspecified atom stereocenters. The van der Waals surface area contributed by atoms with Crippen molar-refractivity contribution < 1.29 is 9.47 Å². The Kier molecular flexibility index (Phi) is 4.32. The lowest BCUT2D eigenvalue weighted by atomic mass is 9.94. The molecule has 1 aliphatic rings. The zero-order chi connectivity index (χ0) is 14.7. The van der Waals surface area contributed by atoms with Gasteiger partial charge in [-0.1, -0.05) is 35.9 Å². The van der Waals surface area contributed by atoms with Crippen molar-refractivity contribution >= 4 is 11.6 Å². The summed E-state index contributed by atoms with van der Waals surface area (Å²) >= 11 is 6.22. The normalized spacial score (nSPS) is 17.0. The highest BCUT2D eigenvalue weighted by Gasteiger charge is 2.21. The van der Waals surface area contributed by atoms with Crippen LogP contribution in [0.2, 0.25) is 5.02 Å². The second kappa shape index (κ2) is 6.37. The van der Waals surface area contributed by atoms with E-state index >= 15 is 0 Å². The van der Waals surface area contributed by atoms with Crippen molar-refractivity contribution in [3.63, 3.8) is 0 Å². The molecule has 4 heteroatoms. The number of halogens is 1. The summed E-state index contributed by atoms with van der Waals surface area (Å²) in [6.45, 7) is 1.81. The molecule has 0 aliphatic carbocycles. The lowest BCUT2D eigenvalue weighted by molar-refractivity contribution is 0.217. The van der Waals surface area contributed by atoms with Crippen molar-refractivity contribution in [3.8, 4) is 11.5 Å². The monoisotopic (exact) mass is 303 g/mol. The SMILES string of the molecule is NCc1ccc(OCC2CCOc3ccccc32)c(Cl)c1. The highest BCUT2D eigenvalue weighted by atomic mass is 35.5. The number of ether oxygens (including phenoxy) is 2. The zero-order valence-corrected chi connectivity index (χ0v) is 12.5. The molecule has 21 heavy (non-hydrogen) atoms. The third-order valence-electron chi connectivity index (χ3n) is 3.75. The maximum atomic E-state index is 6.22. The second-order valence-corrected chi connectivity index (χ2v) is 5.56. The molecule has 2 aromatic rings. The maximum Gasteiger partial charge on any atom is 0.137 e. The van der Waals surface area contributed by atoms with Crippen LogP contribution in [0, 0.1) is 0 Å². The predicted molar refractivity (Wildman–Crippen MR) is 84.1 cm³/mol. The molecule has 1 aliphatic heterocycles. The van der Waals surface area contributed by atoms with E-state index in [1.165, 1.54) is 5.56 Å². The van der Waals surface area contributed by atoms with Crippen LogP contribution >= 0.6 is 11.6 Å². The van der Waals surface area contributed by atoms with Gasteiger partial charge in [0.15, 0.2) is 0 Å². The summed E-state index contributed by atoms with van der Waals surface area (Å²) in [5.74, 6) is 2.00. The van der Waals surface area contributed by atoms with Crippen molar-refractivity contribution in [2.75, 3.05) is 13.2 Å². The Bertz CT molecular complexity index is 630. The molecule has 0 bridgehead atoms. The van der Waals surface area contributed by atoms with Crippen molar-refractivity contribution in [2.24, 2.45) is 5.73 Å². The fourth-order valence-electron chi connectivity index (χ4n) is 2.57. The molecule has 0 radical (unpaired) electrons. The summed E-state index contributed by atoms with van der Waals surface area (Å²) < 4.78 is 11.6.